The summed E-state index contributed by atoms with van der Waals surface area (Å²) in [6, 6.07) is 8.18. The van der Waals surface area contributed by atoms with Crippen molar-refractivity contribution < 1.29 is 9.47 Å². The van der Waals surface area contributed by atoms with E-state index in [0.717, 1.165) is 43.9 Å². The maximum Gasteiger partial charge on any atom is 0.193 e. The molecule has 0 aliphatic heterocycles. The number of likely N-dealkylation sites (N-methyl/N-ethyl adjacent to an activating group) is 1. The zero-order valence-corrected chi connectivity index (χ0v) is 15.4. The number of guanidine groups is 1. The second-order valence-corrected chi connectivity index (χ2v) is 6.65. The van der Waals surface area contributed by atoms with Crippen molar-refractivity contribution in [1.82, 2.24) is 10.2 Å². The van der Waals surface area contributed by atoms with Gasteiger partial charge in [-0.15, -0.1) is 0 Å². The number of hydrogen-bond donors (Lipinski definition) is 1. The Bertz CT molecular complexity index is 510. The first-order valence-corrected chi connectivity index (χ1v) is 8.83. The second-order valence-electron chi connectivity index (χ2n) is 6.65. The van der Waals surface area contributed by atoms with Crippen molar-refractivity contribution in [2.75, 3.05) is 33.9 Å². The van der Waals surface area contributed by atoms with Gasteiger partial charge in [-0.05, 0) is 50.3 Å². The Morgan fingerprint density at radius 3 is 2.58 bits per heavy atom. The van der Waals surface area contributed by atoms with Gasteiger partial charge in [-0.25, -0.2) is 0 Å². The van der Waals surface area contributed by atoms with Crippen LogP contribution in [0.15, 0.2) is 29.3 Å². The van der Waals surface area contributed by atoms with E-state index in [4.69, 9.17) is 9.47 Å². The SMILES string of the molecule is CN=C(NCc1ccc(OC(C)C)cc1)N(C)CCOCC1CC1. The van der Waals surface area contributed by atoms with Crippen molar-refractivity contribution in [1.29, 1.82) is 0 Å². The summed E-state index contributed by atoms with van der Waals surface area (Å²) in [7, 11) is 3.85. The molecular formula is C19H31N3O2. The van der Waals surface area contributed by atoms with Crippen molar-refractivity contribution in [2.45, 2.75) is 39.3 Å². The molecule has 1 aromatic rings. The first-order chi connectivity index (χ1) is 11.6. The van der Waals surface area contributed by atoms with Crippen LogP contribution in [0.2, 0.25) is 0 Å². The summed E-state index contributed by atoms with van der Waals surface area (Å²) in [5.41, 5.74) is 1.20. The van der Waals surface area contributed by atoms with Crippen molar-refractivity contribution in [3.8, 4) is 5.75 Å². The summed E-state index contributed by atoms with van der Waals surface area (Å²) >= 11 is 0. The number of ether oxygens (including phenoxy) is 2. The normalized spacial score (nSPS) is 14.8. The average Bonchev–Trinajstić information content (AvgIpc) is 3.37. The lowest BCUT2D eigenvalue weighted by molar-refractivity contribution is 0.115. The van der Waals surface area contributed by atoms with Crippen LogP contribution in [0.5, 0.6) is 5.75 Å². The van der Waals surface area contributed by atoms with Crippen LogP contribution in [-0.2, 0) is 11.3 Å². The lowest BCUT2D eigenvalue weighted by Gasteiger charge is -2.22. The van der Waals surface area contributed by atoms with E-state index in [1.807, 2.05) is 40.1 Å². The third kappa shape index (κ3) is 6.79. The summed E-state index contributed by atoms with van der Waals surface area (Å²) in [6.45, 7) is 7.29. The van der Waals surface area contributed by atoms with Gasteiger partial charge in [0.1, 0.15) is 5.75 Å². The van der Waals surface area contributed by atoms with Gasteiger partial charge in [0.2, 0.25) is 0 Å². The van der Waals surface area contributed by atoms with Gasteiger partial charge >= 0.3 is 0 Å². The monoisotopic (exact) mass is 333 g/mol. The van der Waals surface area contributed by atoms with Crippen LogP contribution in [0.4, 0.5) is 0 Å². The predicted octanol–water partition coefficient (Wildman–Crippen LogP) is 2.91. The van der Waals surface area contributed by atoms with E-state index < -0.39 is 0 Å². The minimum atomic E-state index is 0.198. The second kappa shape index (κ2) is 9.52. The fraction of sp³-hybridized carbons (Fsp3) is 0.632. The van der Waals surface area contributed by atoms with Crippen LogP contribution in [0.25, 0.3) is 0 Å². The zero-order valence-electron chi connectivity index (χ0n) is 15.4. The van der Waals surface area contributed by atoms with Gasteiger partial charge in [0.25, 0.3) is 0 Å². The fourth-order valence-electron chi connectivity index (χ4n) is 2.37. The van der Waals surface area contributed by atoms with Crippen LogP contribution in [-0.4, -0.2) is 50.8 Å². The molecule has 1 aliphatic rings. The number of rotatable bonds is 9. The molecule has 1 aliphatic carbocycles. The number of hydrogen-bond acceptors (Lipinski definition) is 3. The standard InChI is InChI=1S/C19H31N3O2/c1-15(2)24-18-9-7-16(8-10-18)13-21-19(20-3)22(4)11-12-23-14-17-5-6-17/h7-10,15,17H,5-6,11-14H2,1-4H3,(H,20,21). The lowest BCUT2D eigenvalue weighted by atomic mass is 10.2. The lowest BCUT2D eigenvalue weighted by Crippen LogP contribution is -2.40. The number of aliphatic imine (C=N–C) groups is 1. The number of benzene rings is 1. The first kappa shape index (κ1) is 18.6. The van der Waals surface area contributed by atoms with Crippen LogP contribution in [0, 0.1) is 5.92 Å². The van der Waals surface area contributed by atoms with Crippen molar-refractivity contribution in [2.24, 2.45) is 10.9 Å². The number of nitrogens with one attached hydrogen (secondary N) is 1. The van der Waals surface area contributed by atoms with Crippen molar-refractivity contribution in [3.05, 3.63) is 29.8 Å². The van der Waals surface area contributed by atoms with Crippen LogP contribution in [0.3, 0.4) is 0 Å². The molecule has 5 heteroatoms. The highest BCUT2D eigenvalue weighted by atomic mass is 16.5. The molecule has 134 valence electrons. The Balaban J connectivity index is 1.71. The third-order valence-corrected chi connectivity index (χ3v) is 3.94. The highest BCUT2D eigenvalue weighted by Gasteiger charge is 2.21. The molecule has 0 aromatic heterocycles. The van der Waals surface area contributed by atoms with Gasteiger partial charge in [-0.3, -0.25) is 4.99 Å². The molecule has 2 rings (SSSR count). The summed E-state index contributed by atoms with van der Waals surface area (Å²) < 4.78 is 11.4. The van der Waals surface area contributed by atoms with Gasteiger partial charge in [0.05, 0.1) is 12.7 Å². The Morgan fingerprint density at radius 2 is 2.00 bits per heavy atom. The van der Waals surface area contributed by atoms with E-state index in [9.17, 15) is 0 Å². The average molecular weight is 333 g/mol. The van der Waals surface area contributed by atoms with E-state index in [1.54, 1.807) is 0 Å². The quantitative estimate of drug-likeness (QED) is 0.429. The van der Waals surface area contributed by atoms with Gasteiger partial charge in [0.15, 0.2) is 5.96 Å². The molecule has 1 aromatic carbocycles. The summed E-state index contributed by atoms with van der Waals surface area (Å²) in [4.78, 5) is 6.44. The minimum Gasteiger partial charge on any atom is -0.491 e. The molecule has 24 heavy (non-hydrogen) atoms. The summed E-state index contributed by atoms with van der Waals surface area (Å²) in [5.74, 6) is 2.60. The highest BCUT2D eigenvalue weighted by Crippen LogP contribution is 2.28. The molecular weight excluding hydrogens is 302 g/mol. The fourth-order valence-corrected chi connectivity index (χ4v) is 2.37. The highest BCUT2D eigenvalue weighted by molar-refractivity contribution is 5.79. The minimum absolute atomic E-state index is 0.198. The molecule has 0 saturated heterocycles. The molecule has 0 heterocycles. The van der Waals surface area contributed by atoms with Gasteiger partial charge in [-0.2, -0.15) is 0 Å². The smallest absolute Gasteiger partial charge is 0.193 e. The number of nitrogens with zero attached hydrogens (tertiary/aromatic N) is 2. The molecule has 1 N–H and O–H groups in total. The Labute approximate surface area is 146 Å². The van der Waals surface area contributed by atoms with E-state index >= 15 is 0 Å². The van der Waals surface area contributed by atoms with Crippen LogP contribution >= 0.6 is 0 Å². The van der Waals surface area contributed by atoms with Crippen LogP contribution < -0.4 is 10.1 Å². The molecule has 0 radical (unpaired) electrons. The van der Waals surface area contributed by atoms with Crippen molar-refractivity contribution >= 4 is 5.96 Å². The van der Waals surface area contributed by atoms with Crippen LogP contribution in [0.1, 0.15) is 32.3 Å². The van der Waals surface area contributed by atoms with E-state index in [-0.39, 0.29) is 6.10 Å². The van der Waals surface area contributed by atoms with E-state index in [2.05, 4.69) is 27.3 Å². The maximum atomic E-state index is 5.69. The van der Waals surface area contributed by atoms with Crippen molar-refractivity contribution in [3.63, 3.8) is 0 Å². The Hall–Kier alpha value is -1.75. The molecule has 0 amide bonds. The Kier molecular flexibility index (Phi) is 7.37. The summed E-state index contributed by atoms with van der Waals surface area (Å²) in [6.07, 6.45) is 2.86. The maximum absolute atomic E-state index is 5.69. The molecule has 1 saturated carbocycles. The van der Waals surface area contributed by atoms with Gasteiger partial charge in [-0.1, -0.05) is 12.1 Å². The molecule has 1 fully saturated rings. The predicted molar refractivity (Wildman–Crippen MR) is 98.6 cm³/mol. The summed E-state index contributed by atoms with van der Waals surface area (Å²) in [5, 5.41) is 3.39. The molecule has 0 bridgehead atoms. The van der Waals surface area contributed by atoms with Gasteiger partial charge in [0, 0.05) is 33.8 Å². The molecule has 0 spiro atoms. The Morgan fingerprint density at radius 1 is 1.29 bits per heavy atom. The topological polar surface area (TPSA) is 46.1 Å². The molecule has 5 nitrogen and oxygen atoms in total. The third-order valence-electron chi connectivity index (χ3n) is 3.94. The zero-order chi connectivity index (χ0) is 17.4. The van der Waals surface area contributed by atoms with E-state index in [1.165, 1.54) is 18.4 Å². The molecule has 0 unspecified atom stereocenters. The first-order valence-electron chi connectivity index (χ1n) is 8.83. The van der Waals surface area contributed by atoms with Gasteiger partial charge < -0.3 is 19.7 Å². The molecule has 0 atom stereocenters. The van der Waals surface area contributed by atoms with E-state index in [0.29, 0.717) is 0 Å². The largest absolute Gasteiger partial charge is 0.491 e.